The van der Waals surface area contributed by atoms with Crippen molar-refractivity contribution in [2.75, 3.05) is 7.05 Å². The zero-order valence-corrected chi connectivity index (χ0v) is 14.8. The van der Waals surface area contributed by atoms with Gasteiger partial charge >= 0.3 is 0 Å². The number of aromatic nitrogens is 2. The van der Waals surface area contributed by atoms with Gasteiger partial charge in [0.2, 0.25) is 0 Å². The number of halogens is 1. The lowest BCUT2D eigenvalue weighted by Crippen LogP contribution is -2.37. The van der Waals surface area contributed by atoms with Gasteiger partial charge in [-0.3, -0.25) is 4.68 Å². The molecule has 1 heterocycles. The molecule has 1 aromatic heterocycles. The van der Waals surface area contributed by atoms with Crippen molar-refractivity contribution in [3.05, 3.63) is 15.9 Å². The predicted molar refractivity (Wildman–Crippen MR) is 88.0 cm³/mol. The average molecular weight is 342 g/mol. The largest absolute Gasteiger partial charge is 0.316 e. The molecule has 0 spiro atoms. The van der Waals surface area contributed by atoms with Crippen molar-refractivity contribution in [3.8, 4) is 0 Å². The van der Waals surface area contributed by atoms with Gasteiger partial charge < -0.3 is 5.32 Å². The van der Waals surface area contributed by atoms with Gasteiger partial charge in [0.1, 0.15) is 0 Å². The maximum atomic E-state index is 4.72. The minimum atomic E-state index is 0.565. The van der Waals surface area contributed by atoms with Gasteiger partial charge in [-0.15, -0.1) is 0 Å². The summed E-state index contributed by atoms with van der Waals surface area (Å²) in [6.45, 7) is 7.71. The number of aryl methyl sites for hydroxylation is 2. The van der Waals surface area contributed by atoms with E-state index in [4.69, 9.17) is 5.10 Å². The summed E-state index contributed by atoms with van der Waals surface area (Å²) in [6, 6.07) is 0.565. The lowest BCUT2D eigenvalue weighted by atomic mass is 9.87. The Balaban J connectivity index is 2.20. The van der Waals surface area contributed by atoms with Crippen LogP contribution in [0.3, 0.4) is 0 Å². The highest BCUT2D eigenvalue weighted by molar-refractivity contribution is 9.10. The lowest BCUT2D eigenvalue weighted by molar-refractivity contribution is 0.303. The van der Waals surface area contributed by atoms with Gasteiger partial charge in [0.25, 0.3) is 0 Å². The van der Waals surface area contributed by atoms with E-state index in [0.29, 0.717) is 6.04 Å². The second-order valence-corrected chi connectivity index (χ2v) is 6.84. The van der Waals surface area contributed by atoms with Gasteiger partial charge in [0, 0.05) is 19.0 Å². The van der Waals surface area contributed by atoms with Crippen molar-refractivity contribution < 1.29 is 0 Å². The van der Waals surface area contributed by atoms with Crippen LogP contribution < -0.4 is 5.32 Å². The van der Waals surface area contributed by atoms with Gasteiger partial charge in [0.15, 0.2) is 0 Å². The van der Waals surface area contributed by atoms with Crippen LogP contribution in [0.5, 0.6) is 0 Å². The summed E-state index contributed by atoms with van der Waals surface area (Å²) in [4.78, 5) is 0. The van der Waals surface area contributed by atoms with E-state index in [1.54, 1.807) is 0 Å². The summed E-state index contributed by atoms with van der Waals surface area (Å²) < 4.78 is 3.40. The minimum Gasteiger partial charge on any atom is -0.316 e. The van der Waals surface area contributed by atoms with E-state index in [0.717, 1.165) is 31.2 Å². The third kappa shape index (κ3) is 3.11. The maximum absolute atomic E-state index is 4.72. The fourth-order valence-electron chi connectivity index (χ4n) is 3.66. The highest BCUT2D eigenvalue weighted by atomic mass is 79.9. The molecule has 0 bridgehead atoms. The van der Waals surface area contributed by atoms with E-state index in [2.05, 4.69) is 53.7 Å². The summed E-state index contributed by atoms with van der Waals surface area (Å²) in [5.41, 5.74) is 2.55. The van der Waals surface area contributed by atoms with Gasteiger partial charge in [0.05, 0.1) is 15.9 Å². The fraction of sp³-hybridized carbons (Fsp3) is 0.812. The molecule has 0 aromatic carbocycles. The third-order valence-electron chi connectivity index (χ3n) is 4.92. The highest BCUT2D eigenvalue weighted by Gasteiger charge is 2.31. The van der Waals surface area contributed by atoms with Crippen LogP contribution in [-0.2, 0) is 19.4 Å². The van der Waals surface area contributed by atoms with Crippen molar-refractivity contribution in [2.24, 2.45) is 11.8 Å². The molecule has 1 N–H and O–H groups in total. The molecule has 2 rings (SSSR count). The molecular weight excluding hydrogens is 314 g/mol. The van der Waals surface area contributed by atoms with Crippen LogP contribution in [0, 0.1) is 11.8 Å². The molecule has 1 aromatic rings. The molecule has 0 saturated heterocycles. The fourth-order valence-corrected chi connectivity index (χ4v) is 4.39. The third-order valence-corrected chi connectivity index (χ3v) is 5.84. The van der Waals surface area contributed by atoms with Crippen LogP contribution in [0.4, 0.5) is 0 Å². The van der Waals surface area contributed by atoms with Gasteiger partial charge in [-0.2, -0.15) is 5.10 Å². The van der Waals surface area contributed by atoms with E-state index in [1.807, 2.05) is 0 Å². The Morgan fingerprint density at radius 2 is 2.15 bits per heavy atom. The van der Waals surface area contributed by atoms with E-state index in [1.165, 1.54) is 35.1 Å². The number of hydrogen-bond acceptors (Lipinski definition) is 2. The smallest absolute Gasteiger partial charge is 0.0766 e. The Labute approximate surface area is 131 Å². The van der Waals surface area contributed by atoms with Crippen molar-refractivity contribution in [3.63, 3.8) is 0 Å². The molecule has 0 amide bonds. The Morgan fingerprint density at radius 1 is 1.40 bits per heavy atom. The zero-order valence-electron chi connectivity index (χ0n) is 13.2. The number of likely N-dealkylation sites (N-methyl/N-ethyl adjacent to an activating group) is 1. The molecule has 0 radical (unpaired) electrons. The SMILES string of the molecule is CCc1nn(CC)c(CC(NC)C2CCCC2C)c1Br. The Kier molecular flexibility index (Phi) is 5.67. The standard InChI is InChI=1S/C16H28BrN3/c1-5-13-16(17)15(20(6-2)19-13)10-14(18-4)12-9-7-8-11(12)3/h11-12,14,18H,5-10H2,1-4H3. The summed E-state index contributed by atoms with van der Waals surface area (Å²) >= 11 is 3.77. The summed E-state index contributed by atoms with van der Waals surface area (Å²) in [6.07, 6.45) is 6.21. The van der Waals surface area contributed by atoms with Crippen LogP contribution in [0.1, 0.15) is 51.4 Å². The molecule has 3 atom stereocenters. The predicted octanol–water partition coefficient (Wildman–Crippen LogP) is 3.79. The first-order valence-electron chi connectivity index (χ1n) is 8.03. The molecule has 4 heteroatoms. The molecule has 1 fully saturated rings. The van der Waals surface area contributed by atoms with E-state index >= 15 is 0 Å². The maximum Gasteiger partial charge on any atom is 0.0766 e. The van der Waals surface area contributed by atoms with Gasteiger partial charge in [-0.05, 0) is 54.6 Å². The van der Waals surface area contributed by atoms with Crippen molar-refractivity contribution in [1.82, 2.24) is 15.1 Å². The van der Waals surface area contributed by atoms with Crippen molar-refractivity contribution in [1.29, 1.82) is 0 Å². The van der Waals surface area contributed by atoms with E-state index in [9.17, 15) is 0 Å². The molecule has 3 nitrogen and oxygen atoms in total. The van der Waals surface area contributed by atoms with Gasteiger partial charge in [-0.1, -0.05) is 26.7 Å². The summed E-state index contributed by atoms with van der Waals surface area (Å²) in [5, 5.41) is 8.29. The molecular formula is C16H28BrN3. The van der Waals surface area contributed by atoms with Crippen LogP contribution >= 0.6 is 15.9 Å². The van der Waals surface area contributed by atoms with Crippen LogP contribution in [-0.4, -0.2) is 22.9 Å². The molecule has 20 heavy (non-hydrogen) atoms. The molecule has 0 aliphatic heterocycles. The first-order valence-corrected chi connectivity index (χ1v) is 8.82. The number of nitrogens with zero attached hydrogens (tertiary/aromatic N) is 2. The molecule has 1 aliphatic rings. The molecule has 1 saturated carbocycles. The van der Waals surface area contributed by atoms with Crippen LogP contribution in [0.25, 0.3) is 0 Å². The quantitative estimate of drug-likeness (QED) is 0.852. The first-order chi connectivity index (χ1) is 9.62. The molecule has 3 unspecified atom stereocenters. The molecule has 1 aliphatic carbocycles. The number of hydrogen-bond donors (Lipinski definition) is 1. The average Bonchev–Trinajstić information content (AvgIpc) is 3.00. The van der Waals surface area contributed by atoms with Gasteiger partial charge in [-0.25, -0.2) is 0 Å². The normalized spacial score (nSPS) is 24.2. The van der Waals surface area contributed by atoms with Crippen molar-refractivity contribution in [2.45, 2.75) is 65.5 Å². The topological polar surface area (TPSA) is 29.9 Å². The molecule has 114 valence electrons. The van der Waals surface area contributed by atoms with Crippen LogP contribution in [0.2, 0.25) is 0 Å². The summed E-state index contributed by atoms with van der Waals surface area (Å²) in [7, 11) is 2.11. The first kappa shape index (κ1) is 16.0. The monoisotopic (exact) mass is 341 g/mol. The lowest BCUT2D eigenvalue weighted by Gasteiger charge is -2.27. The minimum absolute atomic E-state index is 0.565. The number of rotatable bonds is 6. The second kappa shape index (κ2) is 7.08. The van der Waals surface area contributed by atoms with E-state index < -0.39 is 0 Å². The van der Waals surface area contributed by atoms with Crippen LogP contribution in [0.15, 0.2) is 4.47 Å². The van der Waals surface area contributed by atoms with Crippen molar-refractivity contribution >= 4 is 15.9 Å². The van der Waals surface area contributed by atoms with E-state index in [-0.39, 0.29) is 0 Å². The number of nitrogens with one attached hydrogen (secondary N) is 1. The Bertz CT molecular complexity index is 441. The highest BCUT2D eigenvalue weighted by Crippen LogP contribution is 2.35. The second-order valence-electron chi connectivity index (χ2n) is 6.05. The summed E-state index contributed by atoms with van der Waals surface area (Å²) in [5.74, 6) is 1.65. The zero-order chi connectivity index (χ0) is 14.7. The Hall–Kier alpha value is -0.350. The Morgan fingerprint density at radius 3 is 2.65 bits per heavy atom.